The van der Waals surface area contributed by atoms with E-state index in [0.717, 1.165) is 29.2 Å². The Morgan fingerprint density at radius 1 is 1.03 bits per heavy atom. The number of carbonyl (C=O) groups is 3. The topological polar surface area (TPSA) is 80.6 Å². The van der Waals surface area contributed by atoms with Crippen LogP contribution < -0.4 is 15.0 Å². The van der Waals surface area contributed by atoms with Crippen LogP contribution in [0.2, 0.25) is 0 Å². The molecular weight excluding hydrogens is 449 g/mol. The highest BCUT2D eigenvalue weighted by Gasteiger charge is 2.37. The van der Waals surface area contributed by atoms with Crippen LogP contribution in [0.5, 0.6) is 5.75 Å². The summed E-state index contributed by atoms with van der Waals surface area (Å²) >= 11 is 0. The van der Waals surface area contributed by atoms with E-state index in [-0.39, 0.29) is 11.3 Å². The number of aromatic nitrogens is 1. The molecule has 0 bridgehead atoms. The predicted octanol–water partition coefficient (Wildman–Crippen LogP) is 4.89. The van der Waals surface area contributed by atoms with Crippen LogP contribution in [0.25, 0.3) is 6.08 Å². The maximum absolute atomic E-state index is 13.3. The van der Waals surface area contributed by atoms with E-state index in [2.05, 4.69) is 31.3 Å². The van der Waals surface area contributed by atoms with Crippen molar-refractivity contribution < 1.29 is 23.5 Å². The summed E-state index contributed by atoms with van der Waals surface area (Å²) in [4.78, 5) is 38.6. The molecule has 4 rings (SSSR count). The molecule has 1 aromatic heterocycles. The maximum Gasteiger partial charge on any atom is 0.335 e. The molecular formula is C27H26FN3O4. The van der Waals surface area contributed by atoms with Gasteiger partial charge >= 0.3 is 6.03 Å². The standard InChI is InChI=1S/C27H26FN3O4/c1-3-18(2)19-6-12-23(13-7-19)35-16-15-30-14-4-5-22(30)17-24-25(32)29-27(34)31(26(24)33)21-10-8-20(28)9-11-21/h4-14,17-18H,3,15-16H2,1-2H3,(H,29,32,34)/b24-17+/t18-/m0/s1. The Balaban J connectivity index is 1.47. The molecule has 1 saturated heterocycles. The number of rotatable bonds is 8. The summed E-state index contributed by atoms with van der Waals surface area (Å²) in [5, 5.41) is 2.17. The molecule has 0 saturated carbocycles. The van der Waals surface area contributed by atoms with Gasteiger partial charge in [0.1, 0.15) is 23.7 Å². The fourth-order valence-corrected chi connectivity index (χ4v) is 3.78. The van der Waals surface area contributed by atoms with Gasteiger partial charge in [0.15, 0.2) is 0 Å². The van der Waals surface area contributed by atoms with Crippen molar-refractivity contribution in [2.45, 2.75) is 32.7 Å². The highest BCUT2D eigenvalue weighted by molar-refractivity contribution is 6.39. The average Bonchev–Trinajstić information content (AvgIpc) is 3.29. The Labute approximate surface area is 202 Å². The SMILES string of the molecule is CC[C@H](C)c1ccc(OCCn2cccc2/C=C2\C(=O)NC(=O)N(c3ccc(F)cc3)C2=O)cc1. The number of carbonyl (C=O) groups excluding carboxylic acids is 3. The quantitative estimate of drug-likeness (QED) is 0.372. The predicted molar refractivity (Wildman–Crippen MR) is 130 cm³/mol. The van der Waals surface area contributed by atoms with Gasteiger partial charge in [-0.2, -0.15) is 0 Å². The van der Waals surface area contributed by atoms with Crippen LogP contribution >= 0.6 is 0 Å². The number of benzene rings is 2. The third-order valence-electron chi connectivity index (χ3n) is 6.01. The number of hydrogen-bond acceptors (Lipinski definition) is 4. The van der Waals surface area contributed by atoms with Gasteiger partial charge in [0.05, 0.1) is 12.2 Å². The van der Waals surface area contributed by atoms with Gasteiger partial charge in [-0.05, 0) is 72.5 Å². The molecule has 35 heavy (non-hydrogen) atoms. The second kappa shape index (κ2) is 10.4. The Kier molecular flexibility index (Phi) is 7.10. The van der Waals surface area contributed by atoms with Gasteiger partial charge in [-0.1, -0.05) is 26.0 Å². The minimum absolute atomic E-state index is 0.162. The molecule has 1 atom stereocenters. The van der Waals surface area contributed by atoms with E-state index in [4.69, 9.17) is 4.74 Å². The minimum atomic E-state index is -0.883. The van der Waals surface area contributed by atoms with Gasteiger partial charge in [0.25, 0.3) is 11.8 Å². The average molecular weight is 476 g/mol. The van der Waals surface area contributed by atoms with E-state index in [0.29, 0.717) is 24.8 Å². The molecule has 2 aromatic carbocycles. The van der Waals surface area contributed by atoms with E-state index in [1.54, 1.807) is 12.1 Å². The van der Waals surface area contributed by atoms with Gasteiger partial charge in [-0.3, -0.25) is 14.9 Å². The molecule has 0 spiro atoms. The summed E-state index contributed by atoms with van der Waals surface area (Å²) in [6.07, 6.45) is 4.32. The first-order valence-corrected chi connectivity index (χ1v) is 11.4. The fourth-order valence-electron chi connectivity index (χ4n) is 3.78. The van der Waals surface area contributed by atoms with Gasteiger partial charge in [0.2, 0.25) is 0 Å². The van der Waals surface area contributed by atoms with Crippen molar-refractivity contribution in [1.29, 1.82) is 0 Å². The van der Waals surface area contributed by atoms with E-state index < -0.39 is 23.7 Å². The number of nitrogens with one attached hydrogen (secondary N) is 1. The molecule has 4 amide bonds. The van der Waals surface area contributed by atoms with E-state index in [1.807, 2.05) is 22.9 Å². The lowest BCUT2D eigenvalue weighted by atomic mass is 9.99. The molecule has 1 aliphatic rings. The highest BCUT2D eigenvalue weighted by Crippen LogP contribution is 2.23. The lowest BCUT2D eigenvalue weighted by Gasteiger charge is -2.26. The van der Waals surface area contributed by atoms with Crippen LogP contribution in [-0.2, 0) is 16.1 Å². The second-order valence-corrected chi connectivity index (χ2v) is 8.29. The van der Waals surface area contributed by atoms with Crippen LogP contribution in [0.3, 0.4) is 0 Å². The molecule has 7 nitrogen and oxygen atoms in total. The minimum Gasteiger partial charge on any atom is -0.492 e. The number of ether oxygens (including phenoxy) is 1. The lowest BCUT2D eigenvalue weighted by molar-refractivity contribution is -0.122. The zero-order chi connectivity index (χ0) is 24.9. The summed E-state index contributed by atoms with van der Waals surface area (Å²) in [5.41, 5.74) is 1.83. The number of amides is 4. The summed E-state index contributed by atoms with van der Waals surface area (Å²) < 4.78 is 21.0. The Bertz CT molecular complexity index is 1260. The molecule has 1 fully saturated rings. The molecule has 180 valence electrons. The van der Waals surface area contributed by atoms with Crippen molar-refractivity contribution in [3.63, 3.8) is 0 Å². The Morgan fingerprint density at radius 2 is 1.74 bits per heavy atom. The van der Waals surface area contributed by atoms with Gasteiger partial charge in [0, 0.05) is 11.9 Å². The normalized spacial score (nSPS) is 15.9. The summed E-state index contributed by atoms with van der Waals surface area (Å²) in [6, 6.07) is 15.6. The smallest absolute Gasteiger partial charge is 0.335 e. The summed E-state index contributed by atoms with van der Waals surface area (Å²) in [5.74, 6) is -0.815. The second-order valence-electron chi connectivity index (χ2n) is 8.29. The van der Waals surface area contributed by atoms with Crippen molar-refractivity contribution in [2.75, 3.05) is 11.5 Å². The third kappa shape index (κ3) is 5.32. The number of nitrogens with zero attached hydrogens (tertiary/aromatic N) is 2. The molecule has 0 unspecified atom stereocenters. The van der Waals surface area contributed by atoms with Crippen molar-refractivity contribution in [2.24, 2.45) is 0 Å². The largest absolute Gasteiger partial charge is 0.492 e. The zero-order valence-corrected chi connectivity index (χ0v) is 19.5. The lowest BCUT2D eigenvalue weighted by Crippen LogP contribution is -2.54. The first-order valence-electron chi connectivity index (χ1n) is 11.4. The van der Waals surface area contributed by atoms with Crippen molar-refractivity contribution in [3.05, 3.63) is 89.5 Å². The van der Waals surface area contributed by atoms with Crippen LogP contribution in [0.4, 0.5) is 14.9 Å². The van der Waals surface area contributed by atoms with Gasteiger partial charge in [-0.15, -0.1) is 0 Å². The first kappa shape index (κ1) is 23.9. The van der Waals surface area contributed by atoms with E-state index in [1.165, 1.54) is 23.8 Å². The number of anilines is 1. The fraction of sp³-hybridized carbons (Fsp3) is 0.222. The Morgan fingerprint density at radius 3 is 2.43 bits per heavy atom. The molecule has 1 N–H and O–H groups in total. The van der Waals surface area contributed by atoms with Crippen LogP contribution in [-0.4, -0.2) is 29.0 Å². The van der Waals surface area contributed by atoms with Crippen molar-refractivity contribution in [1.82, 2.24) is 9.88 Å². The van der Waals surface area contributed by atoms with Gasteiger partial charge < -0.3 is 9.30 Å². The zero-order valence-electron chi connectivity index (χ0n) is 19.5. The van der Waals surface area contributed by atoms with Crippen LogP contribution in [0.1, 0.15) is 37.4 Å². The van der Waals surface area contributed by atoms with E-state index >= 15 is 0 Å². The molecule has 8 heteroatoms. The first-order chi connectivity index (χ1) is 16.9. The molecule has 0 aliphatic carbocycles. The number of imide groups is 2. The van der Waals surface area contributed by atoms with Crippen LogP contribution in [0, 0.1) is 5.82 Å². The Hall–Kier alpha value is -4.20. The summed E-state index contributed by atoms with van der Waals surface area (Å²) in [6.45, 7) is 5.20. The third-order valence-corrected chi connectivity index (χ3v) is 6.01. The molecule has 1 aliphatic heterocycles. The maximum atomic E-state index is 13.3. The molecule has 3 aromatic rings. The molecule has 0 radical (unpaired) electrons. The number of urea groups is 1. The van der Waals surface area contributed by atoms with Crippen molar-refractivity contribution >= 4 is 29.6 Å². The molecule has 2 heterocycles. The number of hydrogen-bond donors (Lipinski definition) is 1. The van der Waals surface area contributed by atoms with Gasteiger partial charge in [-0.25, -0.2) is 14.1 Å². The number of halogens is 1. The van der Waals surface area contributed by atoms with Crippen molar-refractivity contribution in [3.8, 4) is 5.75 Å². The highest BCUT2D eigenvalue weighted by atomic mass is 19.1. The monoisotopic (exact) mass is 475 g/mol. The van der Waals surface area contributed by atoms with E-state index in [9.17, 15) is 18.8 Å². The number of barbiturate groups is 1. The van der Waals surface area contributed by atoms with Crippen LogP contribution in [0.15, 0.2) is 72.4 Å². The summed E-state index contributed by atoms with van der Waals surface area (Å²) in [7, 11) is 0.